The first-order valence-corrected chi connectivity index (χ1v) is 10.3. The van der Waals surface area contributed by atoms with Gasteiger partial charge in [-0.15, -0.1) is 0 Å². The molecule has 0 fully saturated rings. The van der Waals surface area contributed by atoms with E-state index < -0.39 is 11.0 Å². The second-order valence-corrected chi connectivity index (χ2v) is 8.47. The number of aryl methyl sites for hydroxylation is 1. The summed E-state index contributed by atoms with van der Waals surface area (Å²) in [5, 5.41) is 1.80. The highest BCUT2D eigenvalue weighted by molar-refractivity contribution is 7.83. The molecule has 2 aromatic heterocycles. The molecule has 7 heteroatoms. The Morgan fingerprint density at radius 3 is 2.50 bits per heavy atom. The van der Waals surface area contributed by atoms with Gasteiger partial charge in [0.1, 0.15) is 5.75 Å². The van der Waals surface area contributed by atoms with Gasteiger partial charge in [-0.25, -0.2) is 13.2 Å². The molecule has 1 atom stereocenters. The van der Waals surface area contributed by atoms with Crippen molar-refractivity contribution in [3.05, 3.63) is 76.5 Å². The molecule has 4 nitrogen and oxygen atoms in total. The van der Waals surface area contributed by atoms with E-state index in [0.717, 1.165) is 16.7 Å². The van der Waals surface area contributed by atoms with Gasteiger partial charge in [0, 0.05) is 33.9 Å². The van der Waals surface area contributed by atoms with Crippen LogP contribution in [0.1, 0.15) is 5.56 Å². The van der Waals surface area contributed by atoms with Gasteiger partial charge in [-0.3, -0.25) is 0 Å². The first-order chi connectivity index (χ1) is 13.5. The van der Waals surface area contributed by atoms with Crippen LogP contribution in [0.25, 0.3) is 22.2 Å². The van der Waals surface area contributed by atoms with E-state index in [1.54, 1.807) is 41.7 Å². The Hall–Kier alpha value is -2.34. The van der Waals surface area contributed by atoms with E-state index >= 15 is 0 Å². The van der Waals surface area contributed by atoms with Crippen molar-refractivity contribution in [1.29, 1.82) is 0 Å². The molecule has 0 aliphatic heterocycles. The minimum Gasteiger partial charge on any atom is -0.496 e. The standard InChI is InChI=1S/C21H16Cl2N2O2S/c1-13-3-6-15(7-4-13)28(26)25-12-17(20-18(23)9-10-24-21(20)25)16-8-5-14(22)11-19(16)27-2/h3-12H,1-2H3. The van der Waals surface area contributed by atoms with Gasteiger partial charge in [0.25, 0.3) is 0 Å². The van der Waals surface area contributed by atoms with Crippen LogP contribution < -0.4 is 4.74 Å². The number of rotatable bonds is 4. The van der Waals surface area contributed by atoms with Crippen molar-refractivity contribution in [3.8, 4) is 16.9 Å². The number of hydrogen-bond acceptors (Lipinski definition) is 3. The Balaban J connectivity index is 1.97. The van der Waals surface area contributed by atoms with Crippen molar-refractivity contribution in [2.75, 3.05) is 7.11 Å². The minimum absolute atomic E-state index is 0.525. The summed E-state index contributed by atoms with van der Waals surface area (Å²) in [4.78, 5) is 5.12. The maximum absolute atomic E-state index is 13.3. The zero-order valence-electron chi connectivity index (χ0n) is 15.1. The number of halogens is 2. The van der Waals surface area contributed by atoms with Gasteiger partial charge in [0.2, 0.25) is 0 Å². The molecule has 0 aliphatic carbocycles. The highest BCUT2D eigenvalue weighted by Crippen LogP contribution is 2.40. The molecule has 0 aliphatic rings. The van der Waals surface area contributed by atoms with Crippen molar-refractivity contribution in [2.24, 2.45) is 0 Å². The summed E-state index contributed by atoms with van der Waals surface area (Å²) >= 11 is 12.6. The predicted molar refractivity (Wildman–Crippen MR) is 115 cm³/mol. The molecule has 4 rings (SSSR count). The van der Waals surface area contributed by atoms with Crippen LogP contribution in [0.3, 0.4) is 0 Å². The summed E-state index contributed by atoms with van der Waals surface area (Å²) in [6.45, 7) is 1.99. The molecule has 4 aromatic rings. The average molecular weight is 431 g/mol. The lowest BCUT2D eigenvalue weighted by Gasteiger charge is -2.08. The normalized spacial score (nSPS) is 12.3. The average Bonchev–Trinajstić information content (AvgIpc) is 3.08. The molecule has 0 amide bonds. The topological polar surface area (TPSA) is 44.1 Å². The molecular weight excluding hydrogens is 415 g/mol. The molecule has 0 spiro atoms. The molecule has 142 valence electrons. The largest absolute Gasteiger partial charge is 0.496 e. The third-order valence-corrected chi connectivity index (χ3v) is 6.32. The predicted octanol–water partition coefficient (Wildman–Crippen LogP) is 5.90. The smallest absolute Gasteiger partial charge is 0.158 e. The number of pyridine rings is 1. The molecule has 2 aromatic carbocycles. The molecule has 28 heavy (non-hydrogen) atoms. The maximum Gasteiger partial charge on any atom is 0.158 e. The van der Waals surface area contributed by atoms with Crippen molar-refractivity contribution < 1.29 is 8.95 Å². The van der Waals surface area contributed by atoms with E-state index in [1.165, 1.54) is 0 Å². The van der Waals surface area contributed by atoms with Crippen molar-refractivity contribution in [1.82, 2.24) is 8.96 Å². The number of ether oxygens (including phenoxy) is 1. The van der Waals surface area contributed by atoms with Crippen LogP contribution >= 0.6 is 23.2 Å². The van der Waals surface area contributed by atoms with Crippen molar-refractivity contribution >= 4 is 45.2 Å². The highest BCUT2D eigenvalue weighted by Gasteiger charge is 2.20. The summed E-state index contributed by atoms with van der Waals surface area (Å²) in [7, 11) is 0.107. The van der Waals surface area contributed by atoms with Gasteiger partial charge < -0.3 is 4.74 Å². The number of nitrogens with zero attached hydrogens (tertiary/aromatic N) is 2. The van der Waals surface area contributed by atoms with Gasteiger partial charge >= 0.3 is 0 Å². The lowest BCUT2D eigenvalue weighted by Crippen LogP contribution is -2.04. The summed E-state index contributed by atoms with van der Waals surface area (Å²) in [6.07, 6.45) is 3.40. The Kier molecular flexibility index (Phi) is 5.15. The number of aromatic nitrogens is 2. The van der Waals surface area contributed by atoms with Crippen LogP contribution in [0, 0.1) is 6.92 Å². The van der Waals surface area contributed by atoms with Gasteiger partial charge in [-0.2, -0.15) is 0 Å². The second kappa shape index (κ2) is 7.59. The van der Waals surface area contributed by atoms with Crippen molar-refractivity contribution in [2.45, 2.75) is 11.8 Å². The van der Waals surface area contributed by atoms with Crippen LogP contribution in [0.15, 0.2) is 65.8 Å². The highest BCUT2D eigenvalue weighted by atomic mass is 35.5. The van der Waals surface area contributed by atoms with E-state index in [2.05, 4.69) is 4.98 Å². The molecule has 0 N–H and O–H groups in total. The lowest BCUT2D eigenvalue weighted by atomic mass is 10.0. The number of benzene rings is 2. The van der Waals surface area contributed by atoms with E-state index in [1.807, 2.05) is 37.3 Å². The summed E-state index contributed by atoms with van der Waals surface area (Å²) < 4.78 is 20.4. The number of methoxy groups -OCH3 is 1. The molecule has 0 saturated carbocycles. The van der Waals surface area contributed by atoms with E-state index in [0.29, 0.717) is 31.7 Å². The summed E-state index contributed by atoms with van der Waals surface area (Å²) in [6, 6.07) is 14.7. The third-order valence-electron chi connectivity index (χ3n) is 4.46. The molecule has 0 saturated heterocycles. The Morgan fingerprint density at radius 2 is 1.79 bits per heavy atom. The lowest BCUT2D eigenvalue weighted by molar-refractivity contribution is 0.416. The van der Waals surface area contributed by atoms with E-state index in [9.17, 15) is 4.21 Å². The fourth-order valence-corrected chi connectivity index (χ4v) is 4.57. The fourth-order valence-electron chi connectivity index (χ4n) is 3.07. The van der Waals surface area contributed by atoms with E-state index in [-0.39, 0.29) is 0 Å². The quantitative estimate of drug-likeness (QED) is 0.404. The van der Waals surface area contributed by atoms with Gasteiger partial charge in [0.05, 0.1) is 17.0 Å². The summed E-state index contributed by atoms with van der Waals surface area (Å²) in [5.41, 5.74) is 3.22. The van der Waals surface area contributed by atoms with Crippen LogP contribution in [-0.2, 0) is 11.0 Å². The monoisotopic (exact) mass is 430 g/mol. The zero-order chi connectivity index (χ0) is 19.8. The molecule has 0 radical (unpaired) electrons. The first kappa shape index (κ1) is 19.0. The molecule has 2 heterocycles. The number of hydrogen-bond donors (Lipinski definition) is 0. The molecule has 1 unspecified atom stereocenters. The van der Waals surface area contributed by atoms with Crippen LogP contribution in [0.5, 0.6) is 5.75 Å². The fraction of sp³-hybridized carbons (Fsp3) is 0.0952. The first-order valence-electron chi connectivity index (χ1n) is 8.48. The zero-order valence-corrected chi connectivity index (χ0v) is 17.5. The molecular formula is C21H16Cl2N2O2S. The van der Waals surface area contributed by atoms with Gasteiger partial charge in [0.15, 0.2) is 16.6 Å². The Labute approximate surface area is 175 Å². The molecule has 0 bridgehead atoms. The Morgan fingerprint density at radius 1 is 1.04 bits per heavy atom. The Bertz CT molecular complexity index is 1200. The minimum atomic E-state index is -1.48. The SMILES string of the molecule is COc1cc(Cl)ccc1-c1cn(S(=O)c2ccc(C)cc2)c2nccc(Cl)c12. The third kappa shape index (κ3) is 3.30. The van der Waals surface area contributed by atoms with Crippen LogP contribution in [0.4, 0.5) is 0 Å². The maximum atomic E-state index is 13.3. The van der Waals surface area contributed by atoms with E-state index in [4.69, 9.17) is 27.9 Å². The second-order valence-electron chi connectivity index (χ2n) is 6.27. The van der Waals surface area contributed by atoms with Crippen LogP contribution in [0.2, 0.25) is 10.0 Å². The van der Waals surface area contributed by atoms with Gasteiger partial charge in [-0.1, -0.05) is 40.9 Å². The van der Waals surface area contributed by atoms with Crippen molar-refractivity contribution in [3.63, 3.8) is 0 Å². The number of fused-ring (bicyclic) bond motifs is 1. The van der Waals surface area contributed by atoms with Crippen LogP contribution in [-0.4, -0.2) is 20.3 Å². The summed E-state index contributed by atoms with van der Waals surface area (Å²) in [5.74, 6) is 0.604. The van der Waals surface area contributed by atoms with Gasteiger partial charge in [-0.05, 0) is 43.3 Å².